The van der Waals surface area contributed by atoms with Crippen molar-refractivity contribution in [2.45, 2.75) is 6.54 Å². The van der Waals surface area contributed by atoms with Crippen molar-refractivity contribution >= 4 is 10.5 Å². The molecule has 15 heavy (non-hydrogen) atoms. The SMILES string of the molecule is NCc1cc(F)c(OS(=O)(=O)F)cc1F. The molecule has 0 atom stereocenters. The molecular weight excluding hydrogens is 235 g/mol. The van der Waals surface area contributed by atoms with Gasteiger partial charge in [-0.1, -0.05) is 3.89 Å². The van der Waals surface area contributed by atoms with Gasteiger partial charge in [0, 0.05) is 18.2 Å². The molecule has 0 saturated heterocycles. The van der Waals surface area contributed by atoms with E-state index in [4.69, 9.17) is 5.73 Å². The quantitative estimate of drug-likeness (QED) is 0.802. The Labute approximate surface area is 83.9 Å². The Morgan fingerprint density at radius 1 is 1.27 bits per heavy atom. The monoisotopic (exact) mass is 241 g/mol. The molecule has 1 aromatic carbocycles. The van der Waals surface area contributed by atoms with Crippen molar-refractivity contribution in [1.29, 1.82) is 0 Å². The molecule has 0 fully saturated rings. The summed E-state index contributed by atoms with van der Waals surface area (Å²) < 4.78 is 61.5. The summed E-state index contributed by atoms with van der Waals surface area (Å²) in [5.74, 6) is -3.23. The summed E-state index contributed by atoms with van der Waals surface area (Å²) in [5.41, 5.74) is 4.89. The number of benzene rings is 1. The van der Waals surface area contributed by atoms with Crippen LogP contribution in [-0.2, 0) is 17.0 Å². The second-order valence-corrected chi connectivity index (χ2v) is 3.51. The Hall–Kier alpha value is -1.28. The van der Waals surface area contributed by atoms with Gasteiger partial charge in [-0.25, -0.2) is 8.78 Å². The van der Waals surface area contributed by atoms with Gasteiger partial charge in [0.2, 0.25) is 0 Å². The molecule has 1 aromatic rings. The first-order valence-corrected chi connectivity index (χ1v) is 4.96. The second-order valence-electron chi connectivity index (χ2n) is 2.55. The lowest BCUT2D eigenvalue weighted by Crippen LogP contribution is -2.06. The lowest BCUT2D eigenvalue weighted by atomic mass is 10.2. The zero-order chi connectivity index (χ0) is 11.6. The number of hydrogen-bond acceptors (Lipinski definition) is 4. The van der Waals surface area contributed by atoms with E-state index in [-0.39, 0.29) is 12.1 Å². The molecule has 0 heterocycles. The average Bonchev–Trinajstić information content (AvgIpc) is 2.08. The predicted octanol–water partition coefficient (Wildman–Crippen LogP) is 1.02. The van der Waals surface area contributed by atoms with Gasteiger partial charge in [-0.2, -0.15) is 8.42 Å². The Bertz CT molecular complexity index is 475. The third kappa shape index (κ3) is 3.10. The number of nitrogens with two attached hydrogens (primary N) is 1. The molecule has 0 aliphatic carbocycles. The normalized spacial score (nSPS) is 11.5. The van der Waals surface area contributed by atoms with Crippen LogP contribution in [0.15, 0.2) is 12.1 Å². The first-order valence-electron chi connectivity index (χ1n) is 3.65. The fraction of sp³-hybridized carbons (Fsp3) is 0.143. The van der Waals surface area contributed by atoms with Crippen LogP contribution in [0, 0.1) is 11.6 Å². The highest BCUT2D eigenvalue weighted by atomic mass is 32.3. The Kier molecular flexibility index (Phi) is 3.20. The van der Waals surface area contributed by atoms with E-state index in [1.165, 1.54) is 0 Å². The molecule has 2 N–H and O–H groups in total. The van der Waals surface area contributed by atoms with Crippen molar-refractivity contribution in [1.82, 2.24) is 0 Å². The van der Waals surface area contributed by atoms with Crippen LogP contribution in [0.1, 0.15) is 5.56 Å². The second kappa shape index (κ2) is 4.07. The molecule has 0 aliphatic rings. The van der Waals surface area contributed by atoms with E-state index in [0.29, 0.717) is 12.1 Å². The van der Waals surface area contributed by atoms with Crippen molar-refractivity contribution in [2.75, 3.05) is 0 Å². The van der Waals surface area contributed by atoms with Crippen molar-refractivity contribution in [3.05, 3.63) is 29.3 Å². The van der Waals surface area contributed by atoms with E-state index in [1.54, 1.807) is 0 Å². The molecule has 0 spiro atoms. The van der Waals surface area contributed by atoms with E-state index in [2.05, 4.69) is 4.18 Å². The maximum atomic E-state index is 13.0. The van der Waals surface area contributed by atoms with E-state index in [9.17, 15) is 21.1 Å². The van der Waals surface area contributed by atoms with Crippen LogP contribution in [-0.4, -0.2) is 8.42 Å². The highest BCUT2D eigenvalue weighted by molar-refractivity contribution is 7.81. The smallest absolute Gasteiger partial charge is 0.355 e. The number of hydrogen-bond donors (Lipinski definition) is 1. The maximum Gasteiger partial charge on any atom is 0.488 e. The third-order valence-corrected chi connectivity index (χ3v) is 1.89. The lowest BCUT2D eigenvalue weighted by molar-refractivity contribution is 0.420. The Balaban J connectivity index is 3.17. The van der Waals surface area contributed by atoms with E-state index in [1.807, 2.05) is 0 Å². The van der Waals surface area contributed by atoms with Gasteiger partial charge in [0.15, 0.2) is 11.6 Å². The van der Waals surface area contributed by atoms with Crippen molar-refractivity contribution in [3.63, 3.8) is 0 Å². The summed E-state index contributed by atoms with van der Waals surface area (Å²) >= 11 is 0. The topological polar surface area (TPSA) is 69.4 Å². The fourth-order valence-corrected chi connectivity index (χ4v) is 1.24. The molecule has 0 amide bonds. The zero-order valence-corrected chi connectivity index (χ0v) is 8.02. The van der Waals surface area contributed by atoms with Gasteiger partial charge in [-0.3, -0.25) is 0 Å². The highest BCUT2D eigenvalue weighted by Crippen LogP contribution is 2.23. The molecule has 4 nitrogen and oxygen atoms in total. The Morgan fingerprint density at radius 3 is 2.33 bits per heavy atom. The molecule has 0 saturated carbocycles. The standard InChI is InChI=1S/C7H6F3NO3S/c8-5-2-7(14-15(10,12)13)6(9)1-4(5)3-11/h1-2H,3,11H2. The Morgan fingerprint density at radius 2 is 1.87 bits per heavy atom. The summed E-state index contributed by atoms with van der Waals surface area (Å²) in [4.78, 5) is 0. The molecule has 8 heteroatoms. The molecule has 0 unspecified atom stereocenters. The predicted molar refractivity (Wildman–Crippen MR) is 44.9 cm³/mol. The van der Waals surface area contributed by atoms with Gasteiger partial charge in [0.1, 0.15) is 5.82 Å². The molecule has 0 aliphatic heterocycles. The van der Waals surface area contributed by atoms with Crippen LogP contribution < -0.4 is 9.92 Å². The number of halogens is 3. The summed E-state index contributed by atoms with van der Waals surface area (Å²) in [7, 11) is -5.37. The molecule has 1 rings (SSSR count). The maximum absolute atomic E-state index is 13.0. The van der Waals surface area contributed by atoms with Gasteiger partial charge in [0.25, 0.3) is 0 Å². The van der Waals surface area contributed by atoms with Crippen molar-refractivity contribution in [2.24, 2.45) is 5.73 Å². The van der Waals surface area contributed by atoms with E-state index < -0.39 is 27.9 Å². The van der Waals surface area contributed by atoms with Gasteiger partial charge < -0.3 is 9.92 Å². The molecule has 0 radical (unpaired) electrons. The number of rotatable bonds is 3. The van der Waals surface area contributed by atoms with E-state index in [0.717, 1.165) is 0 Å². The first kappa shape index (κ1) is 11.8. The minimum Gasteiger partial charge on any atom is -0.355 e. The molecule has 84 valence electrons. The van der Waals surface area contributed by atoms with Crippen LogP contribution in [0.2, 0.25) is 0 Å². The van der Waals surface area contributed by atoms with Crippen LogP contribution in [0.25, 0.3) is 0 Å². The van der Waals surface area contributed by atoms with Crippen molar-refractivity contribution < 1.29 is 25.3 Å². The molecule has 0 bridgehead atoms. The van der Waals surface area contributed by atoms with Crippen LogP contribution in [0.5, 0.6) is 5.75 Å². The molecule has 0 aromatic heterocycles. The van der Waals surface area contributed by atoms with Gasteiger partial charge in [-0.15, -0.1) is 0 Å². The fourth-order valence-electron chi connectivity index (χ4n) is 0.897. The van der Waals surface area contributed by atoms with Gasteiger partial charge >= 0.3 is 10.5 Å². The van der Waals surface area contributed by atoms with Crippen molar-refractivity contribution in [3.8, 4) is 5.75 Å². The van der Waals surface area contributed by atoms with Gasteiger partial charge in [-0.05, 0) is 6.07 Å². The summed E-state index contributed by atoms with van der Waals surface area (Å²) in [6.45, 7) is -0.272. The minimum atomic E-state index is -5.37. The zero-order valence-electron chi connectivity index (χ0n) is 7.21. The first-order chi connectivity index (χ1) is 6.83. The summed E-state index contributed by atoms with van der Waals surface area (Å²) in [6, 6.07) is 1.05. The minimum absolute atomic E-state index is 0.170. The summed E-state index contributed by atoms with van der Waals surface area (Å²) in [5, 5.41) is 0. The van der Waals surface area contributed by atoms with Crippen LogP contribution in [0.4, 0.5) is 12.7 Å². The lowest BCUT2D eigenvalue weighted by Gasteiger charge is -2.04. The molecular formula is C7H6F3NO3S. The largest absolute Gasteiger partial charge is 0.488 e. The van der Waals surface area contributed by atoms with E-state index >= 15 is 0 Å². The van der Waals surface area contributed by atoms with Crippen LogP contribution >= 0.6 is 0 Å². The van der Waals surface area contributed by atoms with Crippen LogP contribution in [0.3, 0.4) is 0 Å². The van der Waals surface area contributed by atoms with Gasteiger partial charge in [0.05, 0.1) is 0 Å². The summed E-state index contributed by atoms with van der Waals surface area (Å²) in [6.07, 6.45) is 0. The average molecular weight is 241 g/mol. The third-order valence-electron chi connectivity index (χ3n) is 1.51. The highest BCUT2D eigenvalue weighted by Gasteiger charge is 2.16.